The molecule has 28 heavy (non-hydrogen) atoms. The van der Waals surface area contributed by atoms with E-state index in [0.29, 0.717) is 6.04 Å². The molecule has 152 valence electrons. The zero-order valence-corrected chi connectivity index (χ0v) is 17.5. The number of fused-ring (bicyclic) bond motifs is 2. The first-order chi connectivity index (χ1) is 13.8. The number of rotatable bonds is 4. The molecule has 2 saturated heterocycles. The molecular formula is C21H30N4O2S. The summed E-state index contributed by atoms with van der Waals surface area (Å²) in [7, 11) is 1.86. The number of methoxy groups -OCH3 is 1. The Bertz CT molecular complexity index is 809. The molecular weight excluding hydrogens is 372 g/mol. The second-order valence-corrected chi connectivity index (χ2v) is 9.53. The molecule has 2 aromatic rings. The van der Waals surface area contributed by atoms with E-state index < -0.39 is 0 Å². The van der Waals surface area contributed by atoms with Crippen molar-refractivity contribution in [1.29, 1.82) is 0 Å². The van der Waals surface area contributed by atoms with Crippen molar-refractivity contribution in [1.82, 2.24) is 14.9 Å². The van der Waals surface area contributed by atoms with Gasteiger partial charge in [0.2, 0.25) is 0 Å². The Balaban J connectivity index is 1.37. The van der Waals surface area contributed by atoms with Gasteiger partial charge in [0, 0.05) is 44.7 Å². The van der Waals surface area contributed by atoms with Gasteiger partial charge in [0.05, 0.1) is 30.0 Å². The lowest BCUT2D eigenvalue weighted by Gasteiger charge is -2.54. The molecule has 2 aliphatic heterocycles. The highest BCUT2D eigenvalue weighted by Gasteiger charge is 2.48. The van der Waals surface area contributed by atoms with Crippen LogP contribution in [0.3, 0.4) is 0 Å². The van der Waals surface area contributed by atoms with Crippen LogP contribution >= 0.6 is 11.3 Å². The molecule has 0 aromatic carbocycles. The summed E-state index contributed by atoms with van der Waals surface area (Å²) in [4.78, 5) is 14.3. The Kier molecular flexibility index (Phi) is 5.26. The van der Waals surface area contributed by atoms with E-state index in [1.807, 2.05) is 7.11 Å². The van der Waals surface area contributed by atoms with Crippen molar-refractivity contribution < 1.29 is 9.47 Å². The molecule has 3 fully saturated rings. The highest BCUT2D eigenvalue weighted by atomic mass is 32.1. The van der Waals surface area contributed by atoms with Gasteiger partial charge in [0.15, 0.2) is 0 Å². The minimum Gasteiger partial charge on any atom is -0.384 e. The molecule has 5 rings (SSSR count). The van der Waals surface area contributed by atoms with E-state index in [4.69, 9.17) is 9.47 Å². The Hall–Kier alpha value is -1.28. The second kappa shape index (κ2) is 7.86. The summed E-state index contributed by atoms with van der Waals surface area (Å²) >= 11 is 1.75. The maximum atomic E-state index is 5.79. The van der Waals surface area contributed by atoms with Gasteiger partial charge in [-0.3, -0.25) is 4.90 Å². The third-order valence-electron chi connectivity index (χ3n) is 7.17. The largest absolute Gasteiger partial charge is 0.384 e. The summed E-state index contributed by atoms with van der Waals surface area (Å²) in [5.74, 6) is 1.84. The van der Waals surface area contributed by atoms with Gasteiger partial charge in [-0.2, -0.15) is 0 Å². The third kappa shape index (κ3) is 3.32. The molecule has 0 spiro atoms. The van der Waals surface area contributed by atoms with Crippen molar-refractivity contribution in [3.05, 3.63) is 17.8 Å². The lowest BCUT2D eigenvalue weighted by molar-refractivity contribution is -0.0539. The van der Waals surface area contributed by atoms with Crippen LogP contribution in [0.5, 0.6) is 0 Å². The van der Waals surface area contributed by atoms with Gasteiger partial charge in [-0.25, -0.2) is 9.97 Å². The van der Waals surface area contributed by atoms with Crippen LogP contribution in [0.15, 0.2) is 17.8 Å². The summed E-state index contributed by atoms with van der Waals surface area (Å²) in [6, 6.07) is 2.81. The quantitative estimate of drug-likeness (QED) is 0.784. The molecule has 0 radical (unpaired) electrons. The number of nitrogens with zero attached hydrogens (tertiary/aromatic N) is 4. The molecule has 0 N–H and O–H groups in total. The molecule has 0 bridgehead atoms. The fraction of sp³-hybridized carbons (Fsp3) is 0.714. The van der Waals surface area contributed by atoms with E-state index in [9.17, 15) is 0 Å². The normalized spacial score (nSPS) is 31.8. The SMILES string of the molecule is COC[C@@]12CC[C@@H](N3CCOCC3)C[C@H]1CCN(c1ncnc3ccsc13)C2. The third-order valence-corrected chi connectivity index (χ3v) is 8.07. The number of piperidine rings is 1. The summed E-state index contributed by atoms with van der Waals surface area (Å²) in [6.45, 7) is 6.95. The van der Waals surface area contributed by atoms with Gasteiger partial charge in [0.25, 0.3) is 0 Å². The number of morpholine rings is 1. The molecule has 3 atom stereocenters. The van der Waals surface area contributed by atoms with Crippen LogP contribution in [0.4, 0.5) is 5.82 Å². The van der Waals surface area contributed by atoms with Crippen LogP contribution in [-0.4, -0.2) is 74.0 Å². The van der Waals surface area contributed by atoms with Crippen LogP contribution in [0, 0.1) is 11.3 Å². The van der Waals surface area contributed by atoms with Crippen LogP contribution in [0.2, 0.25) is 0 Å². The number of hydrogen-bond acceptors (Lipinski definition) is 7. The van der Waals surface area contributed by atoms with Crippen LogP contribution in [-0.2, 0) is 9.47 Å². The van der Waals surface area contributed by atoms with Crippen molar-refractivity contribution in [3.63, 3.8) is 0 Å². The molecule has 0 amide bonds. The smallest absolute Gasteiger partial charge is 0.150 e. The minimum atomic E-state index is 0.240. The molecule has 1 aliphatic carbocycles. The standard InChI is InChI=1S/C21H30N4O2S/c1-26-14-21-5-2-17(24-7-9-27-10-8-24)12-16(21)3-6-25(13-21)20-19-18(4-11-28-19)22-15-23-20/h4,11,15-17H,2-3,5-10,12-14H2,1H3/t16-,17-,21+/m1/s1. The highest BCUT2D eigenvalue weighted by molar-refractivity contribution is 7.17. The molecule has 4 heterocycles. The lowest BCUT2D eigenvalue weighted by Crippen LogP contribution is -2.57. The van der Waals surface area contributed by atoms with E-state index in [2.05, 4.69) is 31.2 Å². The zero-order valence-electron chi connectivity index (χ0n) is 16.7. The van der Waals surface area contributed by atoms with Crippen LogP contribution < -0.4 is 4.90 Å². The lowest BCUT2D eigenvalue weighted by atomic mass is 9.62. The highest BCUT2D eigenvalue weighted by Crippen LogP contribution is 2.49. The van der Waals surface area contributed by atoms with Gasteiger partial charge in [0.1, 0.15) is 12.1 Å². The Morgan fingerprint density at radius 2 is 2.14 bits per heavy atom. The maximum Gasteiger partial charge on any atom is 0.150 e. The summed E-state index contributed by atoms with van der Waals surface area (Å²) < 4.78 is 12.6. The molecule has 6 nitrogen and oxygen atoms in total. The molecule has 3 aliphatic rings. The summed E-state index contributed by atoms with van der Waals surface area (Å²) in [5, 5.41) is 2.12. The minimum absolute atomic E-state index is 0.240. The number of thiophene rings is 1. The van der Waals surface area contributed by atoms with Crippen molar-refractivity contribution in [2.75, 3.05) is 58.0 Å². The Morgan fingerprint density at radius 1 is 1.25 bits per heavy atom. The van der Waals surface area contributed by atoms with Gasteiger partial charge >= 0.3 is 0 Å². The summed E-state index contributed by atoms with van der Waals surface area (Å²) in [5.41, 5.74) is 1.30. The van der Waals surface area contributed by atoms with E-state index in [0.717, 1.165) is 63.3 Å². The molecule has 0 unspecified atom stereocenters. The van der Waals surface area contributed by atoms with Gasteiger partial charge in [-0.1, -0.05) is 0 Å². The second-order valence-electron chi connectivity index (χ2n) is 8.61. The topological polar surface area (TPSA) is 50.7 Å². The van der Waals surface area contributed by atoms with Gasteiger partial charge in [-0.05, 0) is 43.0 Å². The average Bonchev–Trinajstić information content (AvgIpc) is 3.23. The molecule has 1 saturated carbocycles. The average molecular weight is 403 g/mol. The number of anilines is 1. The number of aromatic nitrogens is 2. The first kappa shape index (κ1) is 18.7. The number of hydrogen-bond donors (Lipinski definition) is 0. The molecule has 7 heteroatoms. The van der Waals surface area contributed by atoms with E-state index in [1.54, 1.807) is 17.7 Å². The van der Waals surface area contributed by atoms with Gasteiger partial charge < -0.3 is 14.4 Å². The Labute approximate surface area is 170 Å². The first-order valence-corrected chi connectivity index (χ1v) is 11.4. The van der Waals surface area contributed by atoms with Crippen molar-refractivity contribution in [3.8, 4) is 0 Å². The monoisotopic (exact) mass is 402 g/mol. The molecule has 2 aromatic heterocycles. The predicted octanol–water partition coefficient (Wildman–Crippen LogP) is 3.04. The van der Waals surface area contributed by atoms with Crippen molar-refractivity contribution in [2.45, 2.75) is 31.7 Å². The zero-order chi connectivity index (χ0) is 19.0. The van der Waals surface area contributed by atoms with Crippen molar-refractivity contribution in [2.24, 2.45) is 11.3 Å². The fourth-order valence-corrected chi connectivity index (χ4v) is 6.60. The number of ether oxygens (including phenoxy) is 2. The van der Waals surface area contributed by atoms with Crippen LogP contribution in [0.25, 0.3) is 10.2 Å². The van der Waals surface area contributed by atoms with E-state index in [1.165, 1.54) is 30.4 Å². The Morgan fingerprint density at radius 3 is 3.00 bits per heavy atom. The van der Waals surface area contributed by atoms with Gasteiger partial charge in [-0.15, -0.1) is 11.3 Å². The van der Waals surface area contributed by atoms with E-state index in [-0.39, 0.29) is 5.41 Å². The van der Waals surface area contributed by atoms with Crippen LogP contribution in [0.1, 0.15) is 25.7 Å². The fourth-order valence-electron chi connectivity index (χ4n) is 5.74. The van der Waals surface area contributed by atoms with E-state index >= 15 is 0 Å². The first-order valence-electron chi connectivity index (χ1n) is 10.5. The van der Waals surface area contributed by atoms with Crippen molar-refractivity contribution >= 4 is 27.4 Å². The summed E-state index contributed by atoms with van der Waals surface area (Å²) in [6.07, 6.45) is 6.75. The maximum absolute atomic E-state index is 5.79. The predicted molar refractivity (Wildman–Crippen MR) is 112 cm³/mol.